The van der Waals surface area contributed by atoms with Crippen molar-refractivity contribution in [2.24, 2.45) is 0 Å². The van der Waals surface area contributed by atoms with E-state index in [2.05, 4.69) is 42.6 Å². The van der Waals surface area contributed by atoms with Gasteiger partial charge in [0, 0.05) is 16.2 Å². The van der Waals surface area contributed by atoms with Gasteiger partial charge < -0.3 is 5.32 Å². The normalized spacial score (nSPS) is 13.5. The van der Waals surface area contributed by atoms with E-state index in [9.17, 15) is 10.1 Å². The Morgan fingerprint density at radius 1 is 1.23 bits per heavy atom. The van der Waals surface area contributed by atoms with E-state index in [0.29, 0.717) is 12.0 Å². The summed E-state index contributed by atoms with van der Waals surface area (Å²) >= 11 is 3.39. The Morgan fingerprint density at radius 3 is 2.77 bits per heavy atom. The van der Waals surface area contributed by atoms with E-state index in [1.54, 1.807) is 23.1 Å². The zero-order valence-electron chi connectivity index (χ0n) is 15.1. The minimum Gasteiger partial charge on any atom is -0.317 e. The van der Waals surface area contributed by atoms with E-state index in [4.69, 9.17) is 0 Å². The molecule has 3 rings (SSSR count). The van der Waals surface area contributed by atoms with E-state index in [1.807, 2.05) is 0 Å². The number of carbonyl (C=O) groups excluding carboxylic acids is 1. The van der Waals surface area contributed by atoms with Gasteiger partial charge in [-0.2, -0.15) is 5.26 Å². The van der Waals surface area contributed by atoms with Crippen LogP contribution in [0.15, 0.2) is 29.2 Å². The molecule has 0 saturated carbocycles. The van der Waals surface area contributed by atoms with Crippen LogP contribution in [0.25, 0.3) is 0 Å². The van der Waals surface area contributed by atoms with Gasteiger partial charge >= 0.3 is 0 Å². The van der Waals surface area contributed by atoms with Crippen molar-refractivity contribution < 1.29 is 4.79 Å². The third kappa shape index (κ3) is 4.90. The van der Waals surface area contributed by atoms with Crippen LogP contribution >= 0.6 is 23.1 Å². The number of nitrogens with zero attached hydrogens (tertiary/aromatic N) is 1. The molecule has 0 saturated heterocycles. The van der Waals surface area contributed by atoms with Crippen LogP contribution in [0.1, 0.15) is 53.7 Å². The standard InChI is InChI=1S/C21H24N2OS2/c1-15-9-11-16(12-10-15)25-13-5-8-20(24)23-21-18(14-22)17-6-3-2-4-7-19(17)26-21/h9-12H,2-8,13H2,1H3,(H,23,24). The fraction of sp³-hybridized carbons (Fsp3) is 0.429. The Labute approximate surface area is 163 Å². The Kier molecular flexibility index (Phi) is 6.76. The van der Waals surface area contributed by atoms with Crippen molar-refractivity contribution in [3.05, 3.63) is 45.8 Å². The third-order valence-corrected chi connectivity index (χ3v) is 6.93. The van der Waals surface area contributed by atoms with Crippen LogP contribution in [0.5, 0.6) is 0 Å². The van der Waals surface area contributed by atoms with Crippen molar-refractivity contribution in [3.8, 4) is 6.07 Å². The van der Waals surface area contributed by atoms with Crippen LogP contribution in [-0.4, -0.2) is 11.7 Å². The van der Waals surface area contributed by atoms with Crippen LogP contribution in [0.3, 0.4) is 0 Å². The van der Waals surface area contributed by atoms with E-state index in [-0.39, 0.29) is 5.91 Å². The number of benzene rings is 1. The SMILES string of the molecule is Cc1ccc(SCCCC(=O)Nc2sc3c(c2C#N)CCCCC3)cc1. The molecule has 0 unspecified atom stereocenters. The van der Waals surface area contributed by atoms with Crippen molar-refractivity contribution in [1.29, 1.82) is 5.26 Å². The van der Waals surface area contributed by atoms with Gasteiger partial charge in [-0.05, 0) is 62.5 Å². The highest BCUT2D eigenvalue weighted by atomic mass is 32.2. The summed E-state index contributed by atoms with van der Waals surface area (Å²) in [6, 6.07) is 10.8. The number of fused-ring (bicyclic) bond motifs is 1. The molecule has 26 heavy (non-hydrogen) atoms. The average Bonchev–Trinajstić information content (AvgIpc) is 2.79. The number of amides is 1. The number of thioether (sulfide) groups is 1. The maximum atomic E-state index is 12.3. The Hall–Kier alpha value is -1.77. The summed E-state index contributed by atoms with van der Waals surface area (Å²) in [7, 11) is 0. The number of nitrogens with one attached hydrogen (secondary N) is 1. The fourth-order valence-electron chi connectivity index (χ4n) is 3.20. The molecule has 2 aromatic rings. The molecule has 0 fully saturated rings. The minimum atomic E-state index is 0.0161. The molecule has 0 radical (unpaired) electrons. The summed E-state index contributed by atoms with van der Waals surface area (Å²) < 4.78 is 0. The van der Waals surface area contributed by atoms with Gasteiger partial charge in [-0.15, -0.1) is 23.1 Å². The zero-order chi connectivity index (χ0) is 18.4. The molecule has 0 atom stereocenters. The second-order valence-corrected chi connectivity index (χ2v) is 8.97. The Balaban J connectivity index is 1.50. The lowest BCUT2D eigenvalue weighted by Crippen LogP contribution is -2.11. The van der Waals surface area contributed by atoms with Gasteiger partial charge in [0.2, 0.25) is 5.91 Å². The van der Waals surface area contributed by atoms with E-state index < -0.39 is 0 Å². The molecule has 1 amide bonds. The van der Waals surface area contributed by atoms with E-state index in [1.165, 1.54) is 33.7 Å². The molecular formula is C21H24N2OS2. The largest absolute Gasteiger partial charge is 0.317 e. The first kappa shape index (κ1) is 19.0. The second kappa shape index (κ2) is 9.25. The van der Waals surface area contributed by atoms with Crippen molar-refractivity contribution in [3.63, 3.8) is 0 Å². The van der Waals surface area contributed by atoms with E-state index >= 15 is 0 Å². The number of aryl methyl sites for hydroxylation is 2. The summed E-state index contributed by atoms with van der Waals surface area (Å²) in [6.07, 6.45) is 6.88. The fourth-order valence-corrected chi connectivity index (χ4v) is 5.30. The lowest BCUT2D eigenvalue weighted by Gasteiger charge is -2.05. The molecule has 5 heteroatoms. The van der Waals surface area contributed by atoms with Crippen LogP contribution < -0.4 is 5.32 Å². The molecule has 1 N–H and O–H groups in total. The molecule has 136 valence electrons. The van der Waals surface area contributed by atoms with E-state index in [0.717, 1.165) is 36.4 Å². The number of nitriles is 1. The van der Waals surface area contributed by atoms with Gasteiger partial charge in [0.25, 0.3) is 0 Å². The lowest BCUT2D eigenvalue weighted by atomic mass is 10.1. The molecular weight excluding hydrogens is 360 g/mol. The maximum Gasteiger partial charge on any atom is 0.225 e. The summed E-state index contributed by atoms with van der Waals surface area (Å²) in [4.78, 5) is 14.8. The van der Waals surface area contributed by atoms with Crippen LogP contribution in [0.2, 0.25) is 0 Å². The number of hydrogen-bond acceptors (Lipinski definition) is 4. The van der Waals surface area contributed by atoms with Gasteiger partial charge in [0.15, 0.2) is 0 Å². The number of anilines is 1. The predicted octanol–water partition coefficient (Wildman–Crippen LogP) is 5.71. The third-order valence-electron chi connectivity index (χ3n) is 4.62. The first-order valence-electron chi connectivity index (χ1n) is 9.21. The predicted molar refractivity (Wildman–Crippen MR) is 110 cm³/mol. The van der Waals surface area contributed by atoms with Crippen LogP contribution in [-0.2, 0) is 17.6 Å². The van der Waals surface area contributed by atoms with Gasteiger partial charge in [-0.3, -0.25) is 4.79 Å². The molecule has 0 spiro atoms. The molecule has 1 aromatic heterocycles. The second-order valence-electron chi connectivity index (χ2n) is 6.69. The van der Waals surface area contributed by atoms with Crippen molar-refractivity contribution in [2.75, 3.05) is 11.1 Å². The molecule has 1 heterocycles. The molecule has 0 bridgehead atoms. The molecule has 0 aliphatic heterocycles. The highest BCUT2D eigenvalue weighted by molar-refractivity contribution is 7.99. The van der Waals surface area contributed by atoms with Gasteiger partial charge in [-0.1, -0.05) is 24.1 Å². The monoisotopic (exact) mass is 384 g/mol. The summed E-state index contributed by atoms with van der Waals surface area (Å²) in [5.41, 5.74) is 3.14. The number of rotatable bonds is 6. The molecule has 1 aromatic carbocycles. The lowest BCUT2D eigenvalue weighted by molar-refractivity contribution is -0.116. The first-order chi connectivity index (χ1) is 12.7. The van der Waals surface area contributed by atoms with Gasteiger partial charge in [0.05, 0.1) is 5.56 Å². The highest BCUT2D eigenvalue weighted by Gasteiger charge is 2.20. The quantitative estimate of drug-likeness (QED) is 0.394. The molecule has 3 nitrogen and oxygen atoms in total. The van der Waals surface area contributed by atoms with Gasteiger partial charge in [0.1, 0.15) is 11.1 Å². The van der Waals surface area contributed by atoms with Crippen LogP contribution in [0.4, 0.5) is 5.00 Å². The number of carbonyl (C=O) groups is 1. The Morgan fingerprint density at radius 2 is 2.00 bits per heavy atom. The van der Waals surface area contributed by atoms with Crippen molar-refractivity contribution >= 4 is 34.0 Å². The Bertz CT molecular complexity index is 803. The van der Waals surface area contributed by atoms with Crippen LogP contribution in [0, 0.1) is 18.3 Å². The molecule has 1 aliphatic carbocycles. The smallest absolute Gasteiger partial charge is 0.225 e. The van der Waals surface area contributed by atoms with Gasteiger partial charge in [-0.25, -0.2) is 0 Å². The summed E-state index contributed by atoms with van der Waals surface area (Å²) in [5, 5.41) is 13.3. The summed E-state index contributed by atoms with van der Waals surface area (Å²) in [5.74, 6) is 0.935. The summed E-state index contributed by atoms with van der Waals surface area (Å²) in [6.45, 7) is 2.08. The molecule has 1 aliphatic rings. The topological polar surface area (TPSA) is 52.9 Å². The number of thiophene rings is 1. The van der Waals surface area contributed by atoms with Crippen molar-refractivity contribution in [2.45, 2.75) is 56.8 Å². The highest BCUT2D eigenvalue weighted by Crippen LogP contribution is 2.37. The average molecular weight is 385 g/mol. The first-order valence-corrected chi connectivity index (χ1v) is 11.0. The van der Waals surface area contributed by atoms with Crippen molar-refractivity contribution in [1.82, 2.24) is 0 Å². The number of hydrogen-bond donors (Lipinski definition) is 1. The zero-order valence-corrected chi connectivity index (χ0v) is 16.8. The minimum absolute atomic E-state index is 0.0161. The maximum absolute atomic E-state index is 12.3.